The maximum Gasteiger partial charge on any atom is 0.241 e. The lowest BCUT2D eigenvalue weighted by Gasteiger charge is -2.33. The van der Waals surface area contributed by atoms with E-state index in [0.717, 1.165) is 12.8 Å². The number of hydrogen-bond acceptors (Lipinski definition) is 5. The highest BCUT2D eigenvalue weighted by Gasteiger charge is 2.31. The van der Waals surface area contributed by atoms with Crippen LogP contribution in [0, 0.1) is 17.2 Å². The molecule has 2 N–H and O–H groups in total. The van der Waals surface area contributed by atoms with Gasteiger partial charge >= 0.3 is 0 Å². The number of likely N-dealkylation sites (tertiary alicyclic amines) is 1. The van der Waals surface area contributed by atoms with Crippen LogP contribution in [-0.2, 0) is 21.4 Å². The van der Waals surface area contributed by atoms with Crippen molar-refractivity contribution >= 4 is 26.8 Å². The molecule has 1 aliphatic heterocycles. The fraction of sp³-hybridized carbons (Fsp3) is 0.409. The third-order valence-electron chi connectivity index (χ3n) is 5.94. The maximum absolute atomic E-state index is 13.3. The summed E-state index contributed by atoms with van der Waals surface area (Å²) in [5.41, 5.74) is 0.985. The Bertz CT molecular complexity index is 1250. The van der Waals surface area contributed by atoms with E-state index in [9.17, 15) is 13.2 Å². The molecular formula is C22H26N6O3S. The van der Waals surface area contributed by atoms with E-state index < -0.39 is 16.1 Å². The van der Waals surface area contributed by atoms with E-state index in [4.69, 9.17) is 5.26 Å². The van der Waals surface area contributed by atoms with Gasteiger partial charge in [0.1, 0.15) is 12.1 Å². The lowest BCUT2D eigenvalue weighted by atomic mass is 9.98. The lowest BCUT2D eigenvalue weighted by Crippen LogP contribution is -2.50. The van der Waals surface area contributed by atoms with Crippen LogP contribution in [0.3, 0.4) is 0 Å². The van der Waals surface area contributed by atoms with E-state index in [1.807, 2.05) is 6.07 Å². The zero-order valence-corrected chi connectivity index (χ0v) is 18.7. The number of nitrogens with one attached hydrogen (secondary N) is 2. The second-order valence-corrected chi connectivity index (χ2v) is 9.92. The summed E-state index contributed by atoms with van der Waals surface area (Å²) in [7, 11) is -3.95. The Morgan fingerprint density at radius 3 is 2.81 bits per heavy atom. The minimum atomic E-state index is -3.95. The van der Waals surface area contributed by atoms with Gasteiger partial charge in [0.2, 0.25) is 15.9 Å². The van der Waals surface area contributed by atoms with Crippen LogP contribution in [0.1, 0.15) is 31.9 Å². The highest BCUT2D eigenvalue weighted by atomic mass is 32.2. The number of aryl methyl sites for hydroxylation is 1. The number of nitriles is 1. The number of rotatable bonds is 7. The molecule has 1 aliphatic rings. The predicted octanol–water partition coefficient (Wildman–Crippen LogP) is 2.23. The van der Waals surface area contributed by atoms with Gasteiger partial charge in [0.05, 0.1) is 4.90 Å². The van der Waals surface area contributed by atoms with E-state index in [2.05, 4.69) is 21.7 Å². The number of carbonyl (C=O) groups is 1. The molecule has 0 bridgehead atoms. The summed E-state index contributed by atoms with van der Waals surface area (Å²) in [4.78, 5) is 18.2. The van der Waals surface area contributed by atoms with Gasteiger partial charge in [-0.1, -0.05) is 13.0 Å². The number of aromatic nitrogens is 3. The van der Waals surface area contributed by atoms with Gasteiger partial charge in [-0.3, -0.25) is 9.48 Å². The quantitative estimate of drug-likeness (QED) is 0.567. The molecule has 0 aliphatic carbocycles. The van der Waals surface area contributed by atoms with Crippen molar-refractivity contribution in [3.05, 3.63) is 48.4 Å². The third-order valence-corrected chi connectivity index (χ3v) is 7.47. The van der Waals surface area contributed by atoms with Crippen molar-refractivity contribution in [2.75, 3.05) is 13.1 Å². The third kappa shape index (κ3) is 4.69. The molecule has 2 aromatic heterocycles. The molecule has 1 amide bonds. The van der Waals surface area contributed by atoms with Crippen LogP contribution < -0.4 is 4.72 Å². The molecular weight excluding hydrogens is 428 g/mol. The molecule has 10 heteroatoms. The summed E-state index contributed by atoms with van der Waals surface area (Å²) in [5.74, 6) is 0.322. The van der Waals surface area contributed by atoms with Crippen molar-refractivity contribution in [3.63, 3.8) is 0 Å². The standard InChI is InChI=1S/C22H26N6O3S/c1-16-6-11-27(12-7-16)22(29)20(9-14-28-13-8-17(15-23)25-28)26-32(30,31)21-4-2-3-19-18(21)5-10-24-19/h2-5,8,10,13,16,20,24,26H,6-7,9,11-12,14H2,1H3. The van der Waals surface area contributed by atoms with Gasteiger partial charge in [0, 0.05) is 42.9 Å². The van der Waals surface area contributed by atoms with Crippen LogP contribution in [0.15, 0.2) is 47.6 Å². The molecule has 1 atom stereocenters. The first kappa shape index (κ1) is 22.0. The number of fused-ring (bicyclic) bond motifs is 1. The van der Waals surface area contributed by atoms with Gasteiger partial charge in [-0.15, -0.1) is 0 Å². The number of carbonyl (C=O) groups excluding carboxylic acids is 1. The Morgan fingerprint density at radius 2 is 2.09 bits per heavy atom. The van der Waals surface area contributed by atoms with E-state index in [1.165, 1.54) is 6.07 Å². The van der Waals surface area contributed by atoms with Crippen LogP contribution >= 0.6 is 0 Å². The molecule has 0 saturated carbocycles. The molecule has 0 spiro atoms. The van der Waals surface area contributed by atoms with Crippen molar-refractivity contribution in [3.8, 4) is 6.07 Å². The summed E-state index contributed by atoms with van der Waals surface area (Å²) in [6.07, 6.45) is 5.36. The molecule has 32 heavy (non-hydrogen) atoms. The second-order valence-electron chi connectivity index (χ2n) is 8.24. The Hall–Kier alpha value is -3.16. The zero-order valence-electron chi connectivity index (χ0n) is 17.9. The van der Waals surface area contributed by atoms with Crippen LogP contribution in [0.25, 0.3) is 10.9 Å². The van der Waals surface area contributed by atoms with Crippen LogP contribution in [0.4, 0.5) is 0 Å². The minimum absolute atomic E-state index is 0.132. The fourth-order valence-electron chi connectivity index (χ4n) is 4.03. The van der Waals surface area contributed by atoms with E-state index >= 15 is 0 Å². The fourth-order valence-corrected chi connectivity index (χ4v) is 5.48. The summed E-state index contributed by atoms with van der Waals surface area (Å²) in [6.45, 7) is 3.70. The highest BCUT2D eigenvalue weighted by Crippen LogP contribution is 2.23. The Kier molecular flexibility index (Phi) is 6.30. The summed E-state index contributed by atoms with van der Waals surface area (Å²) < 4.78 is 30.8. The van der Waals surface area contributed by atoms with Crippen molar-refractivity contribution in [1.29, 1.82) is 5.26 Å². The Balaban J connectivity index is 1.58. The number of hydrogen-bond donors (Lipinski definition) is 2. The van der Waals surface area contributed by atoms with Crippen molar-refractivity contribution < 1.29 is 13.2 Å². The van der Waals surface area contributed by atoms with Crippen LogP contribution in [-0.4, -0.2) is 53.1 Å². The summed E-state index contributed by atoms with van der Waals surface area (Å²) in [6, 6.07) is 9.33. The number of nitrogens with zero attached hydrogens (tertiary/aromatic N) is 4. The largest absolute Gasteiger partial charge is 0.361 e. The molecule has 3 heterocycles. The van der Waals surface area contributed by atoms with Crippen molar-refractivity contribution in [2.24, 2.45) is 5.92 Å². The number of piperidine rings is 1. The average Bonchev–Trinajstić information content (AvgIpc) is 3.45. The van der Waals surface area contributed by atoms with Gasteiger partial charge in [-0.25, -0.2) is 8.42 Å². The van der Waals surface area contributed by atoms with E-state index in [1.54, 1.807) is 46.2 Å². The summed E-state index contributed by atoms with van der Waals surface area (Å²) in [5, 5.41) is 13.7. The van der Waals surface area contributed by atoms with Crippen LogP contribution in [0.2, 0.25) is 0 Å². The van der Waals surface area contributed by atoms with Gasteiger partial charge in [-0.05, 0) is 49.4 Å². The van der Waals surface area contributed by atoms with Gasteiger partial charge in [0.15, 0.2) is 5.69 Å². The number of sulfonamides is 1. The molecule has 1 unspecified atom stereocenters. The Morgan fingerprint density at radius 1 is 1.31 bits per heavy atom. The first-order valence-corrected chi connectivity index (χ1v) is 12.2. The minimum Gasteiger partial charge on any atom is -0.361 e. The predicted molar refractivity (Wildman–Crippen MR) is 119 cm³/mol. The molecule has 1 fully saturated rings. The summed E-state index contributed by atoms with van der Waals surface area (Å²) >= 11 is 0. The SMILES string of the molecule is CC1CCN(C(=O)C(CCn2ccc(C#N)n2)NS(=O)(=O)c2cccc3[nH]ccc23)CC1. The molecule has 1 aromatic carbocycles. The monoisotopic (exact) mass is 454 g/mol. The first-order valence-electron chi connectivity index (χ1n) is 10.7. The number of aromatic amines is 1. The maximum atomic E-state index is 13.3. The van der Waals surface area contributed by atoms with Crippen molar-refractivity contribution in [2.45, 2.75) is 43.7 Å². The molecule has 168 valence electrons. The number of H-pyrrole nitrogens is 1. The average molecular weight is 455 g/mol. The smallest absolute Gasteiger partial charge is 0.241 e. The lowest BCUT2D eigenvalue weighted by molar-refractivity contribution is -0.134. The molecule has 4 rings (SSSR count). The van der Waals surface area contributed by atoms with Gasteiger partial charge in [-0.2, -0.15) is 15.1 Å². The highest BCUT2D eigenvalue weighted by molar-refractivity contribution is 7.89. The Labute approximate surface area is 187 Å². The molecule has 9 nitrogen and oxygen atoms in total. The second kappa shape index (κ2) is 9.14. The topological polar surface area (TPSA) is 124 Å². The molecule has 1 saturated heterocycles. The van der Waals surface area contributed by atoms with Crippen LogP contribution in [0.5, 0.6) is 0 Å². The first-order chi connectivity index (χ1) is 15.4. The zero-order chi connectivity index (χ0) is 22.7. The molecule has 3 aromatic rings. The van der Waals surface area contributed by atoms with E-state index in [0.29, 0.717) is 36.5 Å². The van der Waals surface area contributed by atoms with Gasteiger partial charge < -0.3 is 9.88 Å². The number of amides is 1. The van der Waals surface area contributed by atoms with Crippen molar-refractivity contribution in [1.82, 2.24) is 24.4 Å². The van der Waals surface area contributed by atoms with E-state index in [-0.39, 0.29) is 22.9 Å². The number of benzene rings is 1. The molecule has 0 radical (unpaired) electrons. The van der Waals surface area contributed by atoms with Gasteiger partial charge in [0.25, 0.3) is 0 Å². The normalized spacial score (nSPS) is 16.2.